The van der Waals surface area contributed by atoms with E-state index in [0.29, 0.717) is 37.9 Å². The fourth-order valence-corrected chi connectivity index (χ4v) is 4.79. The van der Waals surface area contributed by atoms with Crippen molar-refractivity contribution < 1.29 is 23.7 Å². The number of fused-ring (bicyclic) bond motifs is 1. The summed E-state index contributed by atoms with van der Waals surface area (Å²) in [5.74, 6) is 1.18. The summed E-state index contributed by atoms with van der Waals surface area (Å²) >= 11 is 1.58. The van der Waals surface area contributed by atoms with Gasteiger partial charge in [0.15, 0.2) is 11.5 Å². The molecule has 4 rings (SSSR count). The average molecular weight is 472 g/mol. The van der Waals surface area contributed by atoms with E-state index in [-0.39, 0.29) is 18.6 Å². The van der Waals surface area contributed by atoms with Crippen molar-refractivity contribution in [2.24, 2.45) is 0 Å². The maximum Gasteiger partial charge on any atom is 0.246 e. The second-order valence-corrected chi connectivity index (χ2v) is 8.77. The molecule has 1 unspecified atom stereocenters. The van der Waals surface area contributed by atoms with Crippen LogP contribution in [0.1, 0.15) is 16.6 Å². The van der Waals surface area contributed by atoms with E-state index >= 15 is 0 Å². The van der Waals surface area contributed by atoms with Crippen LogP contribution in [0.4, 0.5) is 0 Å². The summed E-state index contributed by atoms with van der Waals surface area (Å²) in [6.07, 6.45) is 0. The molecule has 2 heterocycles. The third kappa shape index (κ3) is 6.00. The lowest BCUT2D eigenvalue weighted by Crippen LogP contribution is -2.44. The fourth-order valence-electron chi connectivity index (χ4n) is 3.88. The van der Waals surface area contributed by atoms with Crippen LogP contribution in [-0.4, -0.2) is 69.5 Å². The molecule has 1 aliphatic rings. The number of methoxy groups -OCH3 is 2. The van der Waals surface area contributed by atoms with Gasteiger partial charge in [-0.15, -0.1) is 11.3 Å². The van der Waals surface area contributed by atoms with Gasteiger partial charge in [-0.05, 0) is 29.8 Å². The van der Waals surface area contributed by atoms with Crippen LogP contribution in [0.15, 0.2) is 42.5 Å². The van der Waals surface area contributed by atoms with E-state index in [9.17, 15) is 4.79 Å². The summed E-state index contributed by atoms with van der Waals surface area (Å²) in [5, 5.41) is 3.88. The van der Waals surface area contributed by atoms with Crippen LogP contribution >= 0.6 is 11.3 Å². The number of ether oxygens (including phenoxy) is 4. The lowest BCUT2D eigenvalue weighted by atomic mass is 10.0. The van der Waals surface area contributed by atoms with E-state index in [1.54, 1.807) is 25.6 Å². The molecule has 1 amide bonds. The van der Waals surface area contributed by atoms with Gasteiger partial charge in [-0.1, -0.05) is 18.2 Å². The first-order valence-corrected chi connectivity index (χ1v) is 11.7. The maximum atomic E-state index is 12.5. The van der Waals surface area contributed by atoms with Gasteiger partial charge in [0.05, 0.1) is 50.3 Å². The molecule has 8 nitrogen and oxygen atoms in total. The normalized spacial score (nSPS) is 15.3. The molecule has 0 radical (unpaired) electrons. The molecule has 1 aromatic heterocycles. The highest BCUT2D eigenvalue weighted by atomic mass is 32.1. The Hall–Kier alpha value is -2.72. The molecule has 0 spiro atoms. The highest BCUT2D eigenvalue weighted by Crippen LogP contribution is 2.32. The van der Waals surface area contributed by atoms with E-state index in [2.05, 4.69) is 15.2 Å². The topological polar surface area (TPSA) is 82.2 Å². The lowest BCUT2D eigenvalue weighted by Gasteiger charge is -2.35. The first kappa shape index (κ1) is 23.4. The Morgan fingerprint density at radius 2 is 1.94 bits per heavy atom. The Balaban J connectivity index is 1.35. The molecule has 1 fully saturated rings. The zero-order valence-electron chi connectivity index (χ0n) is 18.9. The first-order chi connectivity index (χ1) is 16.2. The zero-order valence-corrected chi connectivity index (χ0v) is 19.7. The Morgan fingerprint density at radius 1 is 1.15 bits per heavy atom. The summed E-state index contributed by atoms with van der Waals surface area (Å²) in [4.78, 5) is 19.4. The van der Waals surface area contributed by atoms with Crippen molar-refractivity contribution in [3.05, 3.63) is 53.0 Å². The predicted octanol–water partition coefficient (Wildman–Crippen LogP) is 3.02. The second kappa shape index (κ2) is 11.4. The van der Waals surface area contributed by atoms with Gasteiger partial charge in [-0.3, -0.25) is 9.69 Å². The molecular weight excluding hydrogens is 442 g/mol. The smallest absolute Gasteiger partial charge is 0.246 e. The third-order valence-corrected chi connectivity index (χ3v) is 6.58. The van der Waals surface area contributed by atoms with Gasteiger partial charge in [-0.2, -0.15) is 0 Å². The molecule has 33 heavy (non-hydrogen) atoms. The van der Waals surface area contributed by atoms with Gasteiger partial charge in [0, 0.05) is 19.6 Å². The van der Waals surface area contributed by atoms with Crippen LogP contribution in [0.2, 0.25) is 0 Å². The van der Waals surface area contributed by atoms with Gasteiger partial charge >= 0.3 is 0 Å². The number of morpholine rings is 1. The van der Waals surface area contributed by atoms with E-state index in [0.717, 1.165) is 33.9 Å². The molecule has 9 heteroatoms. The number of hydrogen-bond acceptors (Lipinski definition) is 8. The lowest BCUT2D eigenvalue weighted by molar-refractivity contribution is -0.126. The minimum atomic E-state index is -0.158. The summed E-state index contributed by atoms with van der Waals surface area (Å²) in [6, 6.07) is 13.8. The molecule has 1 aliphatic heterocycles. The molecule has 2 aromatic carbocycles. The van der Waals surface area contributed by atoms with E-state index < -0.39 is 0 Å². The Kier molecular flexibility index (Phi) is 8.11. The van der Waals surface area contributed by atoms with Crippen molar-refractivity contribution in [2.45, 2.75) is 12.6 Å². The number of nitrogens with one attached hydrogen (secondary N) is 1. The van der Waals surface area contributed by atoms with Crippen molar-refractivity contribution in [1.82, 2.24) is 15.2 Å². The summed E-state index contributed by atoms with van der Waals surface area (Å²) in [7, 11) is 3.24. The molecular formula is C24H29N3O5S. The second-order valence-electron chi connectivity index (χ2n) is 7.65. The summed E-state index contributed by atoms with van der Waals surface area (Å²) < 4.78 is 23.1. The Labute approximate surface area is 197 Å². The van der Waals surface area contributed by atoms with Gasteiger partial charge < -0.3 is 24.3 Å². The van der Waals surface area contributed by atoms with Crippen LogP contribution in [-0.2, 0) is 20.9 Å². The molecule has 1 N–H and O–H groups in total. The Morgan fingerprint density at radius 3 is 2.70 bits per heavy atom. The predicted molar refractivity (Wildman–Crippen MR) is 127 cm³/mol. The fraction of sp³-hybridized carbons (Fsp3) is 0.417. The molecule has 0 bridgehead atoms. The molecule has 1 saturated heterocycles. The largest absolute Gasteiger partial charge is 0.493 e. The number of carbonyl (C=O) groups is 1. The van der Waals surface area contributed by atoms with Gasteiger partial charge in [0.1, 0.15) is 11.6 Å². The number of thiazole rings is 1. The summed E-state index contributed by atoms with van der Waals surface area (Å²) in [6.45, 7) is 3.68. The number of aromatic nitrogens is 1. The van der Waals surface area contributed by atoms with Crippen LogP contribution in [0.5, 0.6) is 11.5 Å². The SMILES string of the molecule is COc1ccc(C(CNC(=O)COCc2nc3ccccc3s2)N2CCOCC2)cc1OC. The highest BCUT2D eigenvalue weighted by molar-refractivity contribution is 7.18. The highest BCUT2D eigenvalue weighted by Gasteiger charge is 2.24. The number of benzene rings is 2. The zero-order chi connectivity index (χ0) is 23.0. The van der Waals surface area contributed by atoms with Gasteiger partial charge in [-0.25, -0.2) is 4.98 Å². The number of rotatable bonds is 10. The molecule has 3 aromatic rings. The third-order valence-electron chi connectivity index (χ3n) is 5.57. The molecule has 1 atom stereocenters. The van der Waals surface area contributed by atoms with Crippen molar-refractivity contribution in [3.8, 4) is 11.5 Å². The van der Waals surface area contributed by atoms with Gasteiger partial charge in [0.25, 0.3) is 0 Å². The van der Waals surface area contributed by atoms with E-state index in [4.69, 9.17) is 18.9 Å². The van der Waals surface area contributed by atoms with E-state index in [1.807, 2.05) is 42.5 Å². The van der Waals surface area contributed by atoms with E-state index in [1.165, 1.54) is 0 Å². The van der Waals surface area contributed by atoms with Crippen LogP contribution < -0.4 is 14.8 Å². The van der Waals surface area contributed by atoms with Crippen LogP contribution in [0.25, 0.3) is 10.2 Å². The van der Waals surface area contributed by atoms with Gasteiger partial charge in [0.2, 0.25) is 5.91 Å². The minimum Gasteiger partial charge on any atom is -0.493 e. The quantitative estimate of drug-likeness (QED) is 0.487. The Bertz CT molecular complexity index is 1030. The monoisotopic (exact) mass is 471 g/mol. The van der Waals surface area contributed by atoms with Crippen molar-refractivity contribution >= 4 is 27.5 Å². The minimum absolute atomic E-state index is 0.0121. The van der Waals surface area contributed by atoms with Crippen molar-refractivity contribution in [2.75, 3.05) is 53.7 Å². The number of nitrogens with zero attached hydrogens (tertiary/aromatic N) is 2. The van der Waals surface area contributed by atoms with Crippen molar-refractivity contribution in [1.29, 1.82) is 0 Å². The molecule has 0 aliphatic carbocycles. The average Bonchev–Trinajstić information content (AvgIpc) is 3.27. The van der Waals surface area contributed by atoms with Crippen molar-refractivity contribution in [3.63, 3.8) is 0 Å². The standard InChI is InChI=1S/C24H29N3O5S/c1-29-20-8-7-17(13-21(20)30-2)19(27-9-11-31-12-10-27)14-25-23(28)15-32-16-24-26-18-5-3-4-6-22(18)33-24/h3-8,13,19H,9-12,14-16H2,1-2H3,(H,25,28). The number of hydrogen-bond donors (Lipinski definition) is 1. The summed E-state index contributed by atoms with van der Waals surface area (Å²) in [5.41, 5.74) is 2.00. The maximum absolute atomic E-state index is 12.5. The number of carbonyl (C=O) groups excluding carboxylic acids is 1. The number of amides is 1. The molecule has 176 valence electrons. The van der Waals surface area contributed by atoms with Crippen LogP contribution in [0, 0.1) is 0 Å². The number of para-hydroxylation sites is 1. The van der Waals surface area contributed by atoms with Crippen LogP contribution in [0.3, 0.4) is 0 Å². The molecule has 0 saturated carbocycles. The first-order valence-electron chi connectivity index (χ1n) is 10.9.